The van der Waals surface area contributed by atoms with Gasteiger partial charge in [-0.15, -0.1) is 0 Å². The molecular weight excluding hydrogens is 474 g/mol. The lowest BCUT2D eigenvalue weighted by molar-refractivity contribution is -0.124. The average Bonchev–Trinajstić information content (AvgIpc) is 2.69. The molecule has 3 amide bonds. The Morgan fingerprint density at radius 3 is 2.47 bits per heavy atom. The van der Waals surface area contributed by atoms with Gasteiger partial charge in [-0.3, -0.25) is 25.2 Å². The fourth-order valence-electron chi connectivity index (χ4n) is 2.48. The number of nitrogens with one attached hydrogen (secondary N) is 3. The van der Waals surface area contributed by atoms with Gasteiger partial charge in [0, 0.05) is 28.0 Å². The molecule has 160 valence electrons. The van der Waals surface area contributed by atoms with E-state index in [0.29, 0.717) is 20.9 Å². The standard InChI is InChI=1S/C21H23BrClN3O4/c1-12(2)30-18-8-7-14(22)11-15(18)21(29)26-25-20(28)10-9-19(27)24-17-6-4-5-16(23)13(17)3/h4-8,11-12H,9-10H2,1-3H3,(H,24,27)(H,25,28)(H,26,29). The van der Waals surface area contributed by atoms with Crippen LogP contribution in [0.1, 0.15) is 42.6 Å². The van der Waals surface area contributed by atoms with Crippen molar-refractivity contribution in [2.24, 2.45) is 0 Å². The van der Waals surface area contributed by atoms with Crippen LogP contribution in [0.4, 0.5) is 5.69 Å². The highest BCUT2D eigenvalue weighted by Crippen LogP contribution is 2.24. The van der Waals surface area contributed by atoms with Crippen molar-refractivity contribution in [3.05, 3.63) is 57.0 Å². The highest BCUT2D eigenvalue weighted by molar-refractivity contribution is 9.10. The molecule has 0 spiro atoms. The van der Waals surface area contributed by atoms with Crippen molar-refractivity contribution in [2.45, 2.75) is 39.7 Å². The molecule has 2 aromatic carbocycles. The number of hydrogen-bond donors (Lipinski definition) is 3. The van der Waals surface area contributed by atoms with Gasteiger partial charge in [0.05, 0.1) is 11.7 Å². The minimum atomic E-state index is -0.528. The zero-order valence-electron chi connectivity index (χ0n) is 16.8. The molecule has 0 atom stereocenters. The number of hydrazine groups is 1. The van der Waals surface area contributed by atoms with Crippen LogP contribution >= 0.6 is 27.5 Å². The molecule has 0 aromatic heterocycles. The van der Waals surface area contributed by atoms with E-state index in [2.05, 4.69) is 32.1 Å². The molecule has 0 bridgehead atoms. The third-order valence-corrected chi connectivity index (χ3v) is 4.89. The molecule has 0 unspecified atom stereocenters. The van der Waals surface area contributed by atoms with Crippen LogP contribution < -0.4 is 20.9 Å². The molecule has 0 radical (unpaired) electrons. The number of carbonyl (C=O) groups is 3. The molecule has 0 aliphatic carbocycles. The summed E-state index contributed by atoms with van der Waals surface area (Å²) in [4.78, 5) is 36.5. The lowest BCUT2D eigenvalue weighted by atomic mass is 10.2. The Bertz CT molecular complexity index is 950. The molecule has 0 saturated carbocycles. The maximum Gasteiger partial charge on any atom is 0.273 e. The monoisotopic (exact) mass is 495 g/mol. The lowest BCUT2D eigenvalue weighted by Gasteiger charge is -2.15. The summed E-state index contributed by atoms with van der Waals surface area (Å²) < 4.78 is 6.32. The molecule has 9 heteroatoms. The van der Waals surface area contributed by atoms with E-state index in [-0.39, 0.29) is 30.4 Å². The topological polar surface area (TPSA) is 96.5 Å². The SMILES string of the molecule is Cc1c(Cl)cccc1NC(=O)CCC(=O)NNC(=O)c1cc(Br)ccc1OC(C)C. The second kappa shape index (κ2) is 11.0. The Morgan fingerprint density at radius 2 is 1.77 bits per heavy atom. The summed E-state index contributed by atoms with van der Waals surface area (Å²) in [7, 11) is 0. The number of hydrogen-bond acceptors (Lipinski definition) is 4. The highest BCUT2D eigenvalue weighted by Gasteiger charge is 2.16. The van der Waals surface area contributed by atoms with Crippen LogP contribution in [0, 0.1) is 6.92 Å². The van der Waals surface area contributed by atoms with Crippen LogP contribution in [0.2, 0.25) is 5.02 Å². The number of halogens is 2. The van der Waals surface area contributed by atoms with Gasteiger partial charge in [-0.05, 0) is 56.7 Å². The molecule has 0 heterocycles. The van der Waals surface area contributed by atoms with E-state index in [4.69, 9.17) is 16.3 Å². The predicted octanol–water partition coefficient (Wildman–Crippen LogP) is 4.38. The number of rotatable bonds is 7. The minimum Gasteiger partial charge on any atom is -0.490 e. The smallest absolute Gasteiger partial charge is 0.273 e. The van der Waals surface area contributed by atoms with E-state index >= 15 is 0 Å². The van der Waals surface area contributed by atoms with E-state index in [1.807, 2.05) is 13.8 Å². The van der Waals surface area contributed by atoms with Crippen molar-refractivity contribution < 1.29 is 19.1 Å². The number of amides is 3. The molecular formula is C21H23BrClN3O4. The summed E-state index contributed by atoms with van der Waals surface area (Å²) in [6.07, 6.45) is -0.264. The van der Waals surface area contributed by atoms with Gasteiger partial charge in [0.25, 0.3) is 5.91 Å². The fourth-order valence-corrected chi connectivity index (χ4v) is 3.01. The van der Waals surface area contributed by atoms with E-state index in [9.17, 15) is 14.4 Å². The quantitative estimate of drug-likeness (QED) is 0.496. The lowest BCUT2D eigenvalue weighted by Crippen LogP contribution is -2.42. The third-order valence-electron chi connectivity index (χ3n) is 3.99. The zero-order valence-corrected chi connectivity index (χ0v) is 19.2. The van der Waals surface area contributed by atoms with Crippen molar-refractivity contribution in [3.63, 3.8) is 0 Å². The van der Waals surface area contributed by atoms with Crippen molar-refractivity contribution >= 4 is 50.9 Å². The van der Waals surface area contributed by atoms with Gasteiger partial charge in [0.15, 0.2) is 0 Å². The van der Waals surface area contributed by atoms with Gasteiger partial charge >= 0.3 is 0 Å². The summed E-state index contributed by atoms with van der Waals surface area (Å²) in [6.45, 7) is 5.49. The second-order valence-corrected chi connectivity index (χ2v) is 8.09. The van der Waals surface area contributed by atoms with Crippen molar-refractivity contribution in [2.75, 3.05) is 5.32 Å². The predicted molar refractivity (Wildman–Crippen MR) is 120 cm³/mol. The average molecular weight is 497 g/mol. The van der Waals surface area contributed by atoms with Crippen LogP contribution in [0.5, 0.6) is 5.75 Å². The normalized spacial score (nSPS) is 10.5. The first kappa shape index (κ1) is 23.7. The maximum absolute atomic E-state index is 12.4. The number of benzene rings is 2. The van der Waals surface area contributed by atoms with Crippen LogP contribution in [0.25, 0.3) is 0 Å². The van der Waals surface area contributed by atoms with Gasteiger partial charge in [0.2, 0.25) is 11.8 Å². The summed E-state index contributed by atoms with van der Waals surface area (Å²) in [5.74, 6) is -0.959. The Hall–Kier alpha value is -2.58. The third kappa shape index (κ3) is 7.03. The summed E-state index contributed by atoms with van der Waals surface area (Å²) >= 11 is 9.34. The zero-order chi connectivity index (χ0) is 22.3. The van der Waals surface area contributed by atoms with Gasteiger partial charge in [0.1, 0.15) is 5.75 Å². The molecule has 0 fully saturated rings. The van der Waals surface area contributed by atoms with Crippen LogP contribution in [-0.2, 0) is 9.59 Å². The molecule has 0 aliphatic heterocycles. The van der Waals surface area contributed by atoms with Crippen LogP contribution in [-0.4, -0.2) is 23.8 Å². The molecule has 30 heavy (non-hydrogen) atoms. The van der Waals surface area contributed by atoms with E-state index in [1.165, 1.54) is 0 Å². The maximum atomic E-state index is 12.4. The first-order valence-electron chi connectivity index (χ1n) is 9.27. The molecule has 0 aliphatic rings. The Labute approximate surface area is 188 Å². The first-order valence-corrected chi connectivity index (χ1v) is 10.4. The number of ether oxygens (including phenoxy) is 1. The van der Waals surface area contributed by atoms with Crippen molar-refractivity contribution in [3.8, 4) is 5.75 Å². The fraction of sp³-hybridized carbons (Fsp3) is 0.286. The Balaban J connectivity index is 1.86. The molecule has 3 N–H and O–H groups in total. The van der Waals surface area contributed by atoms with Crippen molar-refractivity contribution in [1.29, 1.82) is 0 Å². The highest BCUT2D eigenvalue weighted by atomic mass is 79.9. The molecule has 2 rings (SSSR count). The summed E-state index contributed by atoms with van der Waals surface area (Å²) in [5.41, 5.74) is 6.26. The summed E-state index contributed by atoms with van der Waals surface area (Å²) in [6, 6.07) is 10.2. The Kier molecular flexibility index (Phi) is 8.68. The first-order chi connectivity index (χ1) is 14.2. The van der Waals surface area contributed by atoms with Gasteiger partial charge in [-0.1, -0.05) is 33.6 Å². The van der Waals surface area contributed by atoms with Crippen LogP contribution in [0.15, 0.2) is 40.9 Å². The van der Waals surface area contributed by atoms with Gasteiger partial charge < -0.3 is 10.1 Å². The Morgan fingerprint density at radius 1 is 1.07 bits per heavy atom. The molecule has 2 aromatic rings. The van der Waals surface area contributed by atoms with E-state index in [1.54, 1.807) is 43.3 Å². The van der Waals surface area contributed by atoms with E-state index < -0.39 is 11.8 Å². The van der Waals surface area contributed by atoms with Crippen LogP contribution in [0.3, 0.4) is 0 Å². The van der Waals surface area contributed by atoms with Crippen molar-refractivity contribution in [1.82, 2.24) is 10.9 Å². The number of anilines is 1. The largest absolute Gasteiger partial charge is 0.490 e. The van der Waals surface area contributed by atoms with Gasteiger partial charge in [-0.25, -0.2) is 0 Å². The summed E-state index contributed by atoms with van der Waals surface area (Å²) in [5, 5.41) is 3.26. The second-order valence-electron chi connectivity index (χ2n) is 6.77. The number of carbonyl (C=O) groups excluding carboxylic acids is 3. The molecule has 7 nitrogen and oxygen atoms in total. The minimum absolute atomic E-state index is 0.0494. The molecule has 0 saturated heterocycles. The van der Waals surface area contributed by atoms with Gasteiger partial charge in [-0.2, -0.15) is 0 Å². The van der Waals surface area contributed by atoms with E-state index in [0.717, 1.165) is 5.56 Å².